The van der Waals surface area contributed by atoms with Crippen LogP contribution in [0.2, 0.25) is 0 Å². The highest BCUT2D eigenvalue weighted by Gasteiger charge is 2.29. The second-order valence-electron chi connectivity index (χ2n) is 7.69. The lowest BCUT2D eigenvalue weighted by Crippen LogP contribution is -2.36. The topological polar surface area (TPSA) is 114 Å². The third kappa shape index (κ3) is 5.13. The van der Waals surface area contributed by atoms with E-state index in [1.807, 2.05) is 60.7 Å². The van der Waals surface area contributed by atoms with E-state index in [1.54, 1.807) is 18.0 Å². The number of methoxy groups -OCH3 is 1. The van der Waals surface area contributed by atoms with E-state index in [4.69, 9.17) is 9.84 Å². The van der Waals surface area contributed by atoms with Crippen LogP contribution >= 0.6 is 0 Å². The maximum Gasteiger partial charge on any atom is 0.262 e. The molecule has 0 radical (unpaired) electrons. The fourth-order valence-corrected chi connectivity index (χ4v) is 5.35. The van der Waals surface area contributed by atoms with Crippen LogP contribution < -0.4 is 10.1 Å². The summed E-state index contributed by atoms with van der Waals surface area (Å²) in [5.41, 5.74) is 2.59. The first-order chi connectivity index (χ1) is 15.9. The van der Waals surface area contributed by atoms with Crippen molar-refractivity contribution in [3.8, 4) is 28.8 Å². The maximum atomic E-state index is 12.7. The number of hydrogen-bond donors (Lipinski definition) is 1. The number of carbonyl (C=O) groups excluding carboxylic acids is 1. The van der Waals surface area contributed by atoms with Gasteiger partial charge in [0.05, 0.1) is 24.3 Å². The number of para-hydroxylation sites is 1. The standard InChI is InChI=1S/C24H22N4O4S/c1-32-22-9-5-6-17(13-22)23-19(15-28(27-23)21-7-3-2-4-8-21)12-18(14-25)24(29)26-20-10-11-33(30,31)16-20/h2-9,12-13,15,20H,10-11,16H2,1H3,(H,26,29). The van der Waals surface area contributed by atoms with Gasteiger partial charge in [0.1, 0.15) is 23.1 Å². The van der Waals surface area contributed by atoms with Gasteiger partial charge in [-0.25, -0.2) is 13.1 Å². The summed E-state index contributed by atoms with van der Waals surface area (Å²) < 4.78 is 30.4. The Kier molecular flexibility index (Phi) is 6.29. The lowest BCUT2D eigenvalue weighted by Gasteiger charge is -2.10. The molecule has 0 bridgehead atoms. The smallest absolute Gasteiger partial charge is 0.262 e. The van der Waals surface area contributed by atoms with Gasteiger partial charge in [0.2, 0.25) is 0 Å². The number of ether oxygens (including phenoxy) is 1. The first-order valence-corrected chi connectivity index (χ1v) is 12.1. The van der Waals surface area contributed by atoms with Gasteiger partial charge in [0.25, 0.3) is 5.91 Å². The maximum absolute atomic E-state index is 12.7. The fourth-order valence-electron chi connectivity index (χ4n) is 3.68. The molecule has 1 saturated heterocycles. The van der Waals surface area contributed by atoms with Gasteiger partial charge in [-0.15, -0.1) is 0 Å². The Morgan fingerprint density at radius 2 is 2.03 bits per heavy atom. The number of benzene rings is 2. The molecule has 1 amide bonds. The predicted octanol–water partition coefficient (Wildman–Crippen LogP) is 2.76. The van der Waals surface area contributed by atoms with Gasteiger partial charge in [-0.3, -0.25) is 4.79 Å². The highest BCUT2D eigenvalue weighted by atomic mass is 32.2. The molecule has 168 valence electrons. The van der Waals surface area contributed by atoms with E-state index < -0.39 is 21.8 Å². The largest absolute Gasteiger partial charge is 0.497 e. The highest BCUT2D eigenvalue weighted by Crippen LogP contribution is 2.28. The summed E-state index contributed by atoms with van der Waals surface area (Å²) in [6, 6.07) is 18.3. The molecule has 1 unspecified atom stereocenters. The van der Waals surface area contributed by atoms with E-state index in [0.717, 1.165) is 11.3 Å². The molecule has 2 aromatic carbocycles. The van der Waals surface area contributed by atoms with Gasteiger partial charge in [-0.1, -0.05) is 30.3 Å². The molecular weight excluding hydrogens is 440 g/mol. The average molecular weight is 463 g/mol. The number of sulfone groups is 1. The summed E-state index contributed by atoms with van der Waals surface area (Å²) in [5, 5.41) is 17.0. The molecule has 1 aromatic heterocycles. The third-order valence-electron chi connectivity index (χ3n) is 5.34. The molecule has 1 aliphatic rings. The summed E-state index contributed by atoms with van der Waals surface area (Å²) in [7, 11) is -1.58. The lowest BCUT2D eigenvalue weighted by atomic mass is 10.1. The molecule has 1 N–H and O–H groups in total. The third-order valence-corrected chi connectivity index (χ3v) is 7.11. The van der Waals surface area contributed by atoms with Crippen LogP contribution in [-0.4, -0.2) is 48.8 Å². The molecule has 2 heterocycles. The number of aromatic nitrogens is 2. The molecule has 9 heteroatoms. The van der Waals surface area contributed by atoms with Gasteiger partial charge in [-0.2, -0.15) is 10.4 Å². The summed E-state index contributed by atoms with van der Waals surface area (Å²) in [4.78, 5) is 12.7. The zero-order chi connectivity index (χ0) is 23.4. The molecule has 0 aliphatic carbocycles. The molecule has 3 aromatic rings. The number of rotatable bonds is 6. The van der Waals surface area contributed by atoms with Crippen LogP contribution in [-0.2, 0) is 14.6 Å². The normalized spacial score (nSPS) is 17.3. The average Bonchev–Trinajstić information content (AvgIpc) is 3.40. The summed E-state index contributed by atoms with van der Waals surface area (Å²) in [6.07, 6.45) is 3.56. The Morgan fingerprint density at radius 3 is 2.70 bits per heavy atom. The number of amides is 1. The zero-order valence-electron chi connectivity index (χ0n) is 17.9. The fraction of sp³-hybridized carbons (Fsp3) is 0.208. The van der Waals surface area contributed by atoms with Gasteiger partial charge in [0.15, 0.2) is 9.84 Å². The summed E-state index contributed by atoms with van der Waals surface area (Å²) in [5.74, 6) is -0.0349. The number of nitriles is 1. The van der Waals surface area contributed by atoms with Crippen molar-refractivity contribution in [3.63, 3.8) is 0 Å². The molecular formula is C24H22N4O4S. The van der Waals surface area contributed by atoms with Gasteiger partial charge >= 0.3 is 0 Å². The van der Waals surface area contributed by atoms with Crippen LogP contribution in [0.1, 0.15) is 12.0 Å². The van der Waals surface area contributed by atoms with Crippen molar-refractivity contribution in [2.75, 3.05) is 18.6 Å². The molecule has 1 aliphatic heterocycles. The minimum atomic E-state index is -3.15. The first-order valence-electron chi connectivity index (χ1n) is 10.3. The van der Waals surface area contributed by atoms with Crippen LogP contribution in [0.5, 0.6) is 5.75 Å². The van der Waals surface area contributed by atoms with Gasteiger partial charge < -0.3 is 10.1 Å². The molecule has 8 nitrogen and oxygen atoms in total. The van der Waals surface area contributed by atoms with Crippen LogP contribution in [0.25, 0.3) is 23.0 Å². The van der Waals surface area contributed by atoms with E-state index >= 15 is 0 Å². The molecule has 33 heavy (non-hydrogen) atoms. The Hall–Kier alpha value is -3.90. The lowest BCUT2D eigenvalue weighted by molar-refractivity contribution is -0.117. The number of hydrogen-bond acceptors (Lipinski definition) is 6. The van der Waals surface area contributed by atoms with E-state index in [0.29, 0.717) is 23.4 Å². The summed E-state index contributed by atoms with van der Waals surface area (Å²) >= 11 is 0. The SMILES string of the molecule is COc1cccc(-c2nn(-c3ccccc3)cc2C=C(C#N)C(=O)NC2CCS(=O)(=O)C2)c1. The van der Waals surface area contributed by atoms with Crippen molar-refractivity contribution in [3.05, 3.63) is 71.9 Å². The van der Waals surface area contributed by atoms with Crippen molar-refractivity contribution in [1.82, 2.24) is 15.1 Å². The van der Waals surface area contributed by atoms with Crippen molar-refractivity contribution >= 4 is 21.8 Å². The Labute approximate surface area is 192 Å². The van der Waals surface area contributed by atoms with Crippen molar-refractivity contribution < 1.29 is 17.9 Å². The Balaban J connectivity index is 1.72. The Morgan fingerprint density at radius 1 is 1.24 bits per heavy atom. The van der Waals surface area contributed by atoms with E-state index in [-0.39, 0.29) is 17.1 Å². The quantitative estimate of drug-likeness (QED) is 0.445. The number of nitrogens with zero attached hydrogens (tertiary/aromatic N) is 3. The molecule has 0 spiro atoms. The van der Waals surface area contributed by atoms with E-state index in [1.165, 1.54) is 6.08 Å². The van der Waals surface area contributed by atoms with Crippen molar-refractivity contribution in [2.24, 2.45) is 0 Å². The minimum Gasteiger partial charge on any atom is -0.497 e. The predicted molar refractivity (Wildman–Crippen MR) is 124 cm³/mol. The van der Waals surface area contributed by atoms with Gasteiger partial charge in [-0.05, 0) is 36.8 Å². The molecule has 1 fully saturated rings. The Bertz CT molecular complexity index is 1350. The highest BCUT2D eigenvalue weighted by molar-refractivity contribution is 7.91. The minimum absolute atomic E-state index is 0.0351. The van der Waals surface area contributed by atoms with Crippen LogP contribution in [0.3, 0.4) is 0 Å². The number of nitrogens with one attached hydrogen (secondary N) is 1. The monoisotopic (exact) mass is 462 g/mol. The van der Waals surface area contributed by atoms with Gasteiger partial charge in [0, 0.05) is 23.4 Å². The second-order valence-corrected chi connectivity index (χ2v) is 9.92. The summed E-state index contributed by atoms with van der Waals surface area (Å²) in [6.45, 7) is 0. The van der Waals surface area contributed by atoms with Crippen molar-refractivity contribution in [1.29, 1.82) is 5.26 Å². The molecule has 4 rings (SSSR count). The molecule has 0 saturated carbocycles. The second kappa shape index (κ2) is 9.30. The number of carbonyl (C=O) groups is 1. The van der Waals surface area contributed by atoms with Crippen LogP contribution in [0, 0.1) is 11.3 Å². The first kappa shape index (κ1) is 22.3. The zero-order valence-corrected chi connectivity index (χ0v) is 18.7. The van der Waals surface area contributed by atoms with Crippen molar-refractivity contribution in [2.45, 2.75) is 12.5 Å². The molecule has 1 atom stereocenters. The van der Waals surface area contributed by atoms with E-state index in [9.17, 15) is 18.5 Å². The van der Waals surface area contributed by atoms with E-state index in [2.05, 4.69) is 5.32 Å². The van der Waals surface area contributed by atoms with Crippen LogP contribution in [0.4, 0.5) is 0 Å². The van der Waals surface area contributed by atoms with Crippen LogP contribution in [0.15, 0.2) is 66.4 Å².